The Balaban J connectivity index is 1.66. The second kappa shape index (κ2) is 4.27. The van der Waals surface area contributed by atoms with Crippen LogP contribution in [0, 0.1) is 23.7 Å². The van der Waals surface area contributed by atoms with E-state index in [-0.39, 0.29) is 0 Å². The van der Waals surface area contributed by atoms with Gasteiger partial charge in [0.15, 0.2) is 0 Å². The SMILES string of the molecule is NCCc1snnc1C1C2CC3CC(C2)CC1C3. The van der Waals surface area contributed by atoms with Gasteiger partial charge in [0, 0.05) is 5.92 Å². The van der Waals surface area contributed by atoms with E-state index in [0.717, 1.165) is 42.6 Å². The van der Waals surface area contributed by atoms with Crippen molar-refractivity contribution in [3.8, 4) is 0 Å². The van der Waals surface area contributed by atoms with E-state index in [2.05, 4.69) is 9.59 Å². The molecule has 0 amide bonds. The molecule has 0 unspecified atom stereocenters. The van der Waals surface area contributed by atoms with Gasteiger partial charge in [0.25, 0.3) is 0 Å². The van der Waals surface area contributed by atoms with E-state index in [4.69, 9.17) is 5.73 Å². The van der Waals surface area contributed by atoms with Crippen LogP contribution in [0.2, 0.25) is 0 Å². The highest BCUT2D eigenvalue weighted by Gasteiger charge is 2.49. The number of hydrogen-bond donors (Lipinski definition) is 1. The van der Waals surface area contributed by atoms with Gasteiger partial charge in [0.1, 0.15) is 0 Å². The highest BCUT2D eigenvalue weighted by Crippen LogP contribution is 2.59. The van der Waals surface area contributed by atoms with Gasteiger partial charge in [-0.2, -0.15) is 0 Å². The van der Waals surface area contributed by atoms with Crippen molar-refractivity contribution in [3.05, 3.63) is 10.6 Å². The summed E-state index contributed by atoms with van der Waals surface area (Å²) in [5.74, 6) is 4.60. The monoisotopic (exact) mass is 263 g/mol. The highest BCUT2D eigenvalue weighted by molar-refractivity contribution is 7.05. The van der Waals surface area contributed by atoms with Crippen LogP contribution in [0.5, 0.6) is 0 Å². The minimum absolute atomic E-state index is 0.720. The lowest BCUT2D eigenvalue weighted by molar-refractivity contribution is -0.00441. The zero-order chi connectivity index (χ0) is 12.1. The van der Waals surface area contributed by atoms with Crippen LogP contribution >= 0.6 is 11.5 Å². The Morgan fingerprint density at radius 3 is 2.33 bits per heavy atom. The van der Waals surface area contributed by atoms with E-state index in [1.807, 2.05) is 0 Å². The summed E-state index contributed by atoms with van der Waals surface area (Å²) >= 11 is 1.58. The molecule has 98 valence electrons. The first-order chi connectivity index (χ1) is 8.85. The van der Waals surface area contributed by atoms with Crippen LogP contribution < -0.4 is 5.73 Å². The molecule has 4 aliphatic carbocycles. The molecule has 18 heavy (non-hydrogen) atoms. The van der Waals surface area contributed by atoms with E-state index >= 15 is 0 Å². The van der Waals surface area contributed by atoms with Gasteiger partial charge in [-0.25, -0.2) is 0 Å². The highest BCUT2D eigenvalue weighted by atomic mass is 32.1. The summed E-state index contributed by atoms with van der Waals surface area (Å²) in [5, 5.41) is 4.49. The molecule has 0 saturated heterocycles. The Labute approximate surface area is 112 Å². The fourth-order valence-corrected chi connectivity index (χ4v) is 5.85. The maximum Gasteiger partial charge on any atom is 0.0824 e. The van der Waals surface area contributed by atoms with Gasteiger partial charge in [0.05, 0.1) is 10.6 Å². The molecule has 0 atom stereocenters. The van der Waals surface area contributed by atoms with Gasteiger partial charge < -0.3 is 5.73 Å². The standard InChI is InChI=1S/C14H21N3S/c15-2-1-12-14(16-17-18-12)13-10-4-8-3-9(6-10)7-11(13)5-8/h8-11,13H,1-7,15H2. The average molecular weight is 263 g/mol. The minimum Gasteiger partial charge on any atom is -0.330 e. The fourth-order valence-electron chi connectivity index (χ4n) is 5.15. The first-order valence-corrected chi connectivity index (χ1v) is 8.13. The van der Waals surface area contributed by atoms with Crippen LogP contribution in [-0.2, 0) is 6.42 Å². The van der Waals surface area contributed by atoms with Gasteiger partial charge in [-0.15, -0.1) is 5.10 Å². The molecule has 4 saturated carbocycles. The Morgan fingerprint density at radius 1 is 1.06 bits per heavy atom. The molecule has 2 N–H and O–H groups in total. The largest absolute Gasteiger partial charge is 0.330 e. The third-order valence-electron chi connectivity index (χ3n) is 5.50. The molecule has 1 aromatic heterocycles. The fraction of sp³-hybridized carbons (Fsp3) is 0.857. The van der Waals surface area contributed by atoms with Gasteiger partial charge in [-0.1, -0.05) is 4.49 Å². The molecule has 4 aliphatic rings. The van der Waals surface area contributed by atoms with E-state index in [1.54, 1.807) is 11.5 Å². The summed E-state index contributed by atoms with van der Waals surface area (Å²) in [7, 11) is 0. The molecule has 1 aromatic rings. The predicted octanol–water partition coefficient (Wildman–Crippen LogP) is 2.58. The van der Waals surface area contributed by atoms with E-state index in [9.17, 15) is 0 Å². The maximum atomic E-state index is 5.71. The zero-order valence-electron chi connectivity index (χ0n) is 10.7. The van der Waals surface area contributed by atoms with Gasteiger partial charge in [-0.05, 0) is 80.3 Å². The molecular formula is C14H21N3S. The molecule has 0 aromatic carbocycles. The first-order valence-electron chi connectivity index (χ1n) is 7.36. The topological polar surface area (TPSA) is 51.8 Å². The first kappa shape index (κ1) is 11.4. The summed E-state index contributed by atoms with van der Waals surface area (Å²) in [6.07, 6.45) is 8.31. The molecule has 3 nitrogen and oxygen atoms in total. The van der Waals surface area contributed by atoms with Crippen molar-refractivity contribution in [1.29, 1.82) is 0 Å². The third kappa shape index (κ3) is 1.65. The summed E-state index contributed by atoms with van der Waals surface area (Å²) in [4.78, 5) is 1.37. The molecule has 4 fully saturated rings. The Hall–Kier alpha value is -0.480. The summed E-state index contributed by atoms with van der Waals surface area (Å²) in [6, 6.07) is 0. The quantitative estimate of drug-likeness (QED) is 0.912. The second-order valence-corrected chi connectivity index (χ2v) is 7.42. The molecule has 0 aliphatic heterocycles. The van der Waals surface area contributed by atoms with Crippen molar-refractivity contribution in [2.75, 3.05) is 6.54 Å². The molecule has 0 spiro atoms. The summed E-state index contributed by atoms with van der Waals surface area (Å²) in [6.45, 7) is 0.726. The second-order valence-electron chi connectivity index (χ2n) is 6.58. The summed E-state index contributed by atoms with van der Waals surface area (Å²) < 4.78 is 4.21. The molecule has 5 rings (SSSR count). The third-order valence-corrected chi connectivity index (χ3v) is 6.30. The maximum absolute atomic E-state index is 5.71. The lowest BCUT2D eigenvalue weighted by atomic mass is 9.51. The van der Waals surface area contributed by atoms with E-state index in [0.29, 0.717) is 0 Å². The average Bonchev–Trinajstić information content (AvgIpc) is 2.76. The number of aromatic nitrogens is 2. The smallest absolute Gasteiger partial charge is 0.0824 e. The van der Waals surface area contributed by atoms with Crippen molar-refractivity contribution < 1.29 is 0 Å². The molecule has 0 radical (unpaired) electrons. The van der Waals surface area contributed by atoms with E-state index in [1.165, 1.54) is 42.7 Å². The van der Waals surface area contributed by atoms with Crippen molar-refractivity contribution in [3.63, 3.8) is 0 Å². The number of hydrogen-bond acceptors (Lipinski definition) is 4. The lowest BCUT2D eigenvalue weighted by Crippen LogP contribution is -2.44. The van der Waals surface area contributed by atoms with E-state index < -0.39 is 0 Å². The van der Waals surface area contributed by atoms with Crippen LogP contribution in [0.15, 0.2) is 0 Å². The number of nitrogens with zero attached hydrogens (tertiary/aromatic N) is 2. The molecule has 4 heteroatoms. The van der Waals surface area contributed by atoms with Gasteiger partial charge >= 0.3 is 0 Å². The normalized spacial score (nSPS) is 41.5. The van der Waals surface area contributed by atoms with Gasteiger partial charge in [0.2, 0.25) is 0 Å². The van der Waals surface area contributed by atoms with Crippen LogP contribution in [0.25, 0.3) is 0 Å². The van der Waals surface area contributed by atoms with Crippen LogP contribution in [0.1, 0.15) is 48.6 Å². The van der Waals surface area contributed by atoms with Crippen molar-refractivity contribution >= 4 is 11.5 Å². The predicted molar refractivity (Wildman–Crippen MR) is 72.5 cm³/mol. The van der Waals surface area contributed by atoms with Crippen molar-refractivity contribution in [2.24, 2.45) is 29.4 Å². The lowest BCUT2D eigenvalue weighted by Gasteiger charge is -2.54. The van der Waals surface area contributed by atoms with Crippen LogP contribution in [0.4, 0.5) is 0 Å². The van der Waals surface area contributed by atoms with Crippen LogP contribution in [-0.4, -0.2) is 16.1 Å². The minimum atomic E-state index is 0.720. The number of rotatable bonds is 3. The molecule has 4 bridgehead atoms. The molecule has 1 heterocycles. The van der Waals surface area contributed by atoms with Gasteiger partial charge in [-0.3, -0.25) is 0 Å². The molecular weight excluding hydrogens is 242 g/mol. The van der Waals surface area contributed by atoms with Crippen molar-refractivity contribution in [2.45, 2.75) is 44.4 Å². The summed E-state index contributed by atoms with van der Waals surface area (Å²) in [5.41, 5.74) is 7.05. The number of nitrogens with two attached hydrogens (primary N) is 1. The van der Waals surface area contributed by atoms with Crippen molar-refractivity contribution in [1.82, 2.24) is 9.59 Å². The Kier molecular flexibility index (Phi) is 2.69. The Bertz CT molecular complexity index is 414. The Morgan fingerprint density at radius 2 is 1.72 bits per heavy atom. The van der Waals surface area contributed by atoms with Crippen LogP contribution in [0.3, 0.4) is 0 Å². The zero-order valence-corrected chi connectivity index (χ0v) is 11.5.